The molecule has 0 aliphatic carbocycles. The summed E-state index contributed by atoms with van der Waals surface area (Å²) in [5.41, 5.74) is 3.01. The van der Waals surface area contributed by atoms with E-state index >= 15 is 0 Å². The van der Waals surface area contributed by atoms with E-state index in [9.17, 15) is 0 Å². The number of aromatic nitrogens is 2. The van der Waals surface area contributed by atoms with E-state index < -0.39 is 0 Å². The number of methoxy groups -OCH3 is 1. The first-order valence-corrected chi connectivity index (χ1v) is 10.3. The number of nitrogens with one attached hydrogen (secondary N) is 2. The predicted molar refractivity (Wildman–Crippen MR) is 115 cm³/mol. The molecule has 0 spiro atoms. The molecule has 2 N–H and O–H groups in total. The third kappa shape index (κ3) is 4.20. The first kappa shape index (κ1) is 19.0. The van der Waals surface area contributed by atoms with Gasteiger partial charge in [-0.3, -0.25) is 0 Å². The van der Waals surface area contributed by atoms with Crippen LogP contribution in [0.1, 0.15) is 24.8 Å². The first-order valence-electron chi connectivity index (χ1n) is 9.46. The minimum absolute atomic E-state index is 0.658. The number of rotatable bonds is 1. The van der Waals surface area contributed by atoms with Crippen LogP contribution in [0.2, 0.25) is 0 Å². The number of anilines is 2. The monoisotopic (exact) mass is 442 g/mol. The quantitative estimate of drug-likeness (QED) is 0.564. The Hall–Kier alpha value is -2.38. The maximum atomic E-state index is 6.02. The fourth-order valence-electron chi connectivity index (χ4n) is 3.32. The lowest BCUT2D eigenvalue weighted by Crippen LogP contribution is -2.16. The van der Waals surface area contributed by atoms with Crippen LogP contribution in [-0.2, 0) is 6.54 Å². The van der Waals surface area contributed by atoms with Gasteiger partial charge in [0.15, 0.2) is 11.5 Å². The van der Waals surface area contributed by atoms with Crippen molar-refractivity contribution in [3.05, 3.63) is 46.7 Å². The van der Waals surface area contributed by atoms with Crippen molar-refractivity contribution in [2.45, 2.75) is 25.8 Å². The summed E-state index contributed by atoms with van der Waals surface area (Å²) in [7, 11) is 1.65. The van der Waals surface area contributed by atoms with Crippen LogP contribution in [0.3, 0.4) is 0 Å². The minimum atomic E-state index is 0.658. The van der Waals surface area contributed by atoms with Crippen LogP contribution in [-0.4, -0.2) is 30.2 Å². The summed E-state index contributed by atoms with van der Waals surface area (Å²) >= 11 is 3.57. The van der Waals surface area contributed by atoms with E-state index in [1.165, 1.54) is 5.56 Å². The van der Waals surface area contributed by atoms with Gasteiger partial charge in [0.25, 0.3) is 0 Å². The Balaban J connectivity index is 1.81. The zero-order valence-corrected chi connectivity index (χ0v) is 17.4. The van der Waals surface area contributed by atoms with Gasteiger partial charge in [0.1, 0.15) is 12.1 Å². The van der Waals surface area contributed by atoms with Crippen LogP contribution in [0, 0.1) is 0 Å². The zero-order chi connectivity index (χ0) is 19.3. The van der Waals surface area contributed by atoms with E-state index in [1.54, 1.807) is 13.4 Å². The number of nitrogens with zero attached hydrogens (tertiary/aromatic N) is 2. The summed E-state index contributed by atoms with van der Waals surface area (Å²) in [5, 5.41) is 7.91. The Morgan fingerprint density at radius 3 is 2.93 bits per heavy atom. The second-order valence-corrected chi connectivity index (χ2v) is 7.67. The molecule has 28 heavy (non-hydrogen) atoms. The molecule has 1 aliphatic heterocycles. The average Bonchev–Trinajstić information content (AvgIpc) is 2.71. The molecule has 0 saturated carbocycles. The molecule has 2 heterocycles. The van der Waals surface area contributed by atoms with E-state index in [0.29, 0.717) is 12.4 Å². The molecular formula is C21H23BrN4O2. The Morgan fingerprint density at radius 2 is 2.04 bits per heavy atom. The summed E-state index contributed by atoms with van der Waals surface area (Å²) in [4.78, 5) is 8.90. The lowest BCUT2D eigenvalue weighted by molar-refractivity contribution is 0.285. The van der Waals surface area contributed by atoms with Crippen molar-refractivity contribution < 1.29 is 9.47 Å². The summed E-state index contributed by atoms with van der Waals surface area (Å²) in [5.74, 6) is 2.15. The average molecular weight is 443 g/mol. The van der Waals surface area contributed by atoms with Crippen LogP contribution < -0.4 is 20.1 Å². The van der Waals surface area contributed by atoms with Gasteiger partial charge in [0.05, 0.1) is 19.2 Å². The topological polar surface area (TPSA) is 68.3 Å². The van der Waals surface area contributed by atoms with Crippen LogP contribution in [0.5, 0.6) is 11.5 Å². The molecule has 0 unspecified atom stereocenters. The smallest absolute Gasteiger partial charge is 0.162 e. The lowest BCUT2D eigenvalue weighted by Gasteiger charge is -2.15. The Kier molecular flexibility index (Phi) is 5.92. The van der Waals surface area contributed by atoms with Crippen molar-refractivity contribution >= 4 is 38.3 Å². The molecule has 0 saturated heterocycles. The second kappa shape index (κ2) is 8.75. The highest BCUT2D eigenvalue weighted by atomic mass is 79.9. The SMILES string of the molecule is COc1cc2ncnc3c2cc1OCCCCCNCc1ccc(Br)cc1N3. The first-order chi connectivity index (χ1) is 13.7. The number of halogens is 1. The van der Waals surface area contributed by atoms with Crippen LogP contribution in [0.4, 0.5) is 11.5 Å². The maximum absolute atomic E-state index is 6.02. The van der Waals surface area contributed by atoms with Crippen molar-refractivity contribution in [1.29, 1.82) is 0 Å². The van der Waals surface area contributed by atoms with Gasteiger partial charge >= 0.3 is 0 Å². The van der Waals surface area contributed by atoms with E-state index in [-0.39, 0.29) is 0 Å². The molecule has 146 valence electrons. The van der Waals surface area contributed by atoms with Gasteiger partial charge in [0, 0.05) is 28.2 Å². The Bertz CT molecular complexity index is 980. The van der Waals surface area contributed by atoms with Crippen molar-refractivity contribution in [2.75, 3.05) is 25.6 Å². The van der Waals surface area contributed by atoms with E-state index in [1.807, 2.05) is 12.1 Å². The molecular weight excluding hydrogens is 420 g/mol. The lowest BCUT2D eigenvalue weighted by atomic mass is 10.1. The van der Waals surface area contributed by atoms with Gasteiger partial charge in [-0.15, -0.1) is 0 Å². The normalized spacial score (nSPS) is 15.1. The third-order valence-electron chi connectivity index (χ3n) is 4.82. The van der Waals surface area contributed by atoms with Gasteiger partial charge in [-0.1, -0.05) is 22.0 Å². The molecule has 0 atom stereocenters. The molecule has 0 radical (unpaired) electrons. The van der Waals surface area contributed by atoms with Gasteiger partial charge in [-0.25, -0.2) is 9.97 Å². The van der Waals surface area contributed by atoms with Crippen molar-refractivity contribution in [3.8, 4) is 11.5 Å². The van der Waals surface area contributed by atoms with E-state index in [2.05, 4.69) is 54.7 Å². The zero-order valence-electron chi connectivity index (χ0n) is 15.8. The van der Waals surface area contributed by atoms with Crippen molar-refractivity contribution in [2.24, 2.45) is 0 Å². The number of fused-ring (bicyclic) bond motifs is 2. The molecule has 2 aromatic carbocycles. The van der Waals surface area contributed by atoms with Gasteiger partial charge < -0.3 is 20.1 Å². The number of hydrogen-bond acceptors (Lipinski definition) is 6. The molecule has 7 heteroatoms. The van der Waals surface area contributed by atoms with Crippen LogP contribution in [0.25, 0.3) is 10.9 Å². The number of hydrogen-bond donors (Lipinski definition) is 2. The summed E-state index contributed by atoms with van der Waals surface area (Å²) in [6.45, 7) is 2.43. The molecule has 0 amide bonds. The highest BCUT2D eigenvalue weighted by Gasteiger charge is 2.13. The number of benzene rings is 2. The molecule has 2 bridgehead atoms. The molecule has 6 nitrogen and oxygen atoms in total. The maximum Gasteiger partial charge on any atom is 0.162 e. The highest BCUT2D eigenvalue weighted by molar-refractivity contribution is 9.10. The summed E-state index contributed by atoms with van der Waals surface area (Å²) in [6.07, 6.45) is 4.80. The largest absolute Gasteiger partial charge is 0.493 e. The summed E-state index contributed by atoms with van der Waals surface area (Å²) < 4.78 is 12.5. The van der Waals surface area contributed by atoms with Crippen LogP contribution in [0.15, 0.2) is 41.1 Å². The molecule has 4 rings (SSSR count). The summed E-state index contributed by atoms with van der Waals surface area (Å²) in [6, 6.07) is 10.1. The van der Waals surface area contributed by atoms with Gasteiger partial charge in [-0.05, 0) is 49.6 Å². The molecule has 3 aromatic rings. The Labute approximate surface area is 172 Å². The molecule has 1 aliphatic rings. The van der Waals surface area contributed by atoms with Crippen molar-refractivity contribution in [1.82, 2.24) is 15.3 Å². The standard InChI is InChI=1S/C21H23BrN4O2/c1-27-19-11-18-16-10-20(19)28-8-4-2-3-7-23-12-14-5-6-15(22)9-17(14)26-21(16)25-13-24-18/h5-6,9-11,13,23H,2-4,7-8,12H2,1H3,(H,24,25,26). The fourth-order valence-corrected chi connectivity index (χ4v) is 3.68. The van der Waals surface area contributed by atoms with E-state index in [0.717, 1.165) is 65.0 Å². The number of ether oxygens (including phenoxy) is 2. The van der Waals surface area contributed by atoms with Gasteiger partial charge in [0.2, 0.25) is 0 Å². The van der Waals surface area contributed by atoms with Crippen molar-refractivity contribution in [3.63, 3.8) is 0 Å². The highest BCUT2D eigenvalue weighted by Crippen LogP contribution is 2.35. The molecule has 1 aromatic heterocycles. The molecule has 0 fully saturated rings. The van der Waals surface area contributed by atoms with E-state index in [4.69, 9.17) is 9.47 Å². The fraction of sp³-hybridized carbons (Fsp3) is 0.333. The Morgan fingerprint density at radius 1 is 1.11 bits per heavy atom. The predicted octanol–water partition coefficient (Wildman–Crippen LogP) is 4.80. The second-order valence-electron chi connectivity index (χ2n) is 6.75. The van der Waals surface area contributed by atoms with Gasteiger partial charge in [-0.2, -0.15) is 0 Å². The third-order valence-corrected chi connectivity index (χ3v) is 5.31. The van der Waals surface area contributed by atoms with Crippen LogP contribution >= 0.6 is 15.9 Å². The minimum Gasteiger partial charge on any atom is -0.493 e.